The van der Waals surface area contributed by atoms with Gasteiger partial charge in [0, 0.05) is 24.0 Å². The van der Waals surface area contributed by atoms with E-state index in [0.717, 1.165) is 22.2 Å². The van der Waals surface area contributed by atoms with Crippen molar-refractivity contribution in [2.24, 2.45) is 0 Å². The third kappa shape index (κ3) is 4.08. The van der Waals surface area contributed by atoms with Gasteiger partial charge in [0.05, 0.1) is 37.2 Å². The van der Waals surface area contributed by atoms with Crippen LogP contribution in [0.25, 0.3) is 23.1 Å². The Morgan fingerprint density at radius 1 is 1.23 bits per heavy atom. The van der Waals surface area contributed by atoms with Crippen LogP contribution in [-0.4, -0.2) is 61.0 Å². The Kier molecular flexibility index (Phi) is 5.85. The van der Waals surface area contributed by atoms with Gasteiger partial charge >= 0.3 is 0 Å². The summed E-state index contributed by atoms with van der Waals surface area (Å²) >= 11 is 0. The minimum Gasteiger partial charge on any atom is -0.491 e. The average molecular weight is 408 g/mol. The molecule has 1 amide bonds. The zero-order valence-electron chi connectivity index (χ0n) is 16.8. The van der Waals surface area contributed by atoms with E-state index in [9.17, 15) is 4.79 Å². The van der Waals surface area contributed by atoms with E-state index >= 15 is 0 Å². The molecule has 1 aromatic heterocycles. The number of aromatic nitrogens is 2. The number of hydrogen-bond donors (Lipinski definition) is 2. The minimum absolute atomic E-state index is 0.0791. The van der Waals surface area contributed by atoms with Crippen molar-refractivity contribution in [1.82, 2.24) is 15.1 Å². The first-order valence-corrected chi connectivity index (χ1v) is 9.73. The number of H-pyrrole nitrogens is 1. The van der Waals surface area contributed by atoms with Crippen molar-refractivity contribution in [3.63, 3.8) is 0 Å². The van der Waals surface area contributed by atoms with E-state index in [1.807, 2.05) is 42.5 Å². The maximum atomic E-state index is 12.3. The van der Waals surface area contributed by atoms with Gasteiger partial charge in [-0.1, -0.05) is 24.3 Å². The third-order valence-electron chi connectivity index (χ3n) is 5.03. The molecular formula is C22H24N4O4. The van der Waals surface area contributed by atoms with Crippen molar-refractivity contribution in [3.05, 3.63) is 47.7 Å². The first-order chi connectivity index (χ1) is 14.7. The number of nitrogens with zero attached hydrogens (tertiary/aromatic N) is 2. The number of anilines is 1. The van der Waals surface area contributed by atoms with Gasteiger partial charge in [0.1, 0.15) is 0 Å². The molecule has 8 heteroatoms. The molecule has 2 aromatic carbocycles. The van der Waals surface area contributed by atoms with Crippen LogP contribution >= 0.6 is 0 Å². The molecule has 0 aliphatic carbocycles. The fourth-order valence-electron chi connectivity index (χ4n) is 3.39. The van der Waals surface area contributed by atoms with Gasteiger partial charge in [0.25, 0.3) is 5.91 Å². The van der Waals surface area contributed by atoms with E-state index in [1.165, 1.54) is 7.11 Å². The van der Waals surface area contributed by atoms with E-state index in [2.05, 4.69) is 10.2 Å². The van der Waals surface area contributed by atoms with Crippen molar-refractivity contribution in [2.45, 2.75) is 0 Å². The molecule has 1 saturated heterocycles. The molecule has 0 saturated carbocycles. The molecule has 0 radical (unpaired) electrons. The van der Waals surface area contributed by atoms with E-state index < -0.39 is 0 Å². The number of amides is 1. The topological polar surface area (TPSA) is 103 Å². The average Bonchev–Trinajstić information content (AvgIpc) is 3.20. The summed E-state index contributed by atoms with van der Waals surface area (Å²) in [6, 6.07) is 11.5. The van der Waals surface area contributed by atoms with Crippen LogP contribution in [0.3, 0.4) is 0 Å². The van der Waals surface area contributed by atoms with Crippen LogP contribution in [0, 0.1) is 0 Å². The molecule has 0 atom stereocenters. The third-order valence-corrected chi connectivity index (χ3v) is 5.03. The number of nitrogens with one attached hydrogen (secondary N) is 1. The van der Waals surface area contributed by atoms with Crippen molar-refractivity contribution in [2.75, 3.05) is 45.8 Å². The molecule has 1 fully saturated rings. The number of para-hydroxylation sites is 1. The lowest BCUT2D eigenvalue weighted by Gasteiger charge is -2.26. The summed E-state index contributed by atoms with van der Waals surface area (Å²) in [5.41, 5.74) is 9.29. The molecule has 8 nitrogen and oxygen atoms in total. The van der Waals surface area contributed by atoms with Crippen molar-refractivity contribution >= 4 is 34.6 Å². The summed E-state index contributed by atoms with van der Waals surface area (Å²) in [6.07, 6.45) is 3.77. The van der Waals surface area contributed by atoms with Crippen LogP contribution in [0.5, 0.6) is 11.5 Å². The monoisotopic (exact) mass is 408 g/mol. The van der Waals surface area contributed by atoms with Gasteiger partial charge in [-0.3, -0.25) is 9.89 Å². The molecule has 4 rings (SSSR count). The highest BCUT2D eigenvalue weighted by atomic mass is 16.5. The molecule has 1 aliphatic rings. The van der Waals surface area contributed by atoms with Crippen molar-refractivity contribution in [3.8, 4) is 11.5 Å². The zero-order chi connectivity index (χ0) is 20.9. The number of nitrogens with two attached hydrogens (primary N) is 1. The molecule has 156 valence electrons. The molecule has 0 unspecified atom stereocenters. The predicted molar refractivity (Wildman–Crippen MR) is 115 cm³/mol. The molecule has 2 heterocycles. The van der Waals surface area contributed by atoms with E-state index in [1.54, 1.807) is 11.0 Å². The van der Waals surface area contributed by atoms with Gasteiger partial charge in [-0.05, 0) is 24.3 Å². The minimum atomic E-state index is -0.0895. The number of hydrogen-bond acceptors (Lipinski definition) is 6. The maximum Gasteiger partial charge on any atom is 0.260 e. The summed E-state index contributed by atoms with van der Waals surface area (Å²) < 4.78 is 16.4. The van der Waals surface area contributed by atoms with Crippen molar-refractivity contribution in [1.29, 1.82) is 0 Å². The summed E-state index contributed by atoms with van der Waals surface area (Å²) in [4.78, 5) is 14.0. The number of carbonyl (C=O) groups excluding carboxylic acids is 1. The Bertz CT molecular complexity index is 1070. The fourth-order valence-corrected chi connectivity index (χ4v) is 3.39. The number of fused-ring (bicyclic) bond motifs is 1. The molecule has 1 aliphatic heterocycles. The largest absolute Gasteiger partial charge is 0.491 e. The Morgan fingerprint density at radius 3 is 2.83 bits per heavy atom. The SMILES string of the molecule is COc1c(OCC(=O)N2CCOCC2)ccc(C=Cc2n[nH]c3ccccc23)c1N. The van der Waals surface area contributed by atoms with Crippen LogP contribution in [0.1, 0.15) is 11.3 Å². The van der Waals surface area contributed by atoms with Crippen LogP contribution in [-0.2, 0) is 9.53 Å². The number of carbonyl (C=O) groups is 1. The van der Waals surface area contributed by atoms with Crippen LogP contribution < -0.4 is 15.2 Å². The second-order valence-corrected chi connectivity index (χ2v) is 6.87. The lowest BCUT2D eigenvalue weighted by atomic mass is 10.1. The Balaban J connectivity index is 1.50. The summed E-state index contributed by atoms with van der Waals surface area (Å²) in [7, 11) is 1.52. The zero-order valence-corrected chi connectivity index (χ0v) is 16.8. The van der Waals surface area contributed by atoms with Gasteiger partial charge < -0.3 is 24.8 Å². The van der Waals surface area contributed by atoms with Gasteiger partial charge in [0.2, 0.25) is 0 Å². The number of nitrogen functional groups attached to an aromatic ring is 1. The first kappa shape index (κ1) is 19.8. The summed E-state index contributed by atoms with van der Waals surface area (Å²) in [5, 5.41) is 8.37. The second-order valence-electron chi connectivity index (χ2n) is 6.87. The van der Waals surface area contributed by atoms with Gasteiger partial charge in [-0.25, -0.2) is 0 Å². The molecule has 3 aromatic rings. The van der Waals surface area contributed by atoms with E-state index in [0.29, 0.717) is 43.5 Å². The maximum absolute atomic E-state index is 12.3. The Labute approximate surface area is 174 Å². The highest BCUT2D eigenvalue weighted by molar-refractivity contribution is 5.90. The number of aromatic amines is 1. The lowest BCUT2D eigenvalue weighted by Crippen LogP contribution is -2.43. The van der Waals surface area contributed by atoms with Crippen molar-refractivity contribution < 1.29 is 19.0 Å². The lowest BCUT2D eigenvalue weighted by molar-refractivity contribution is -0.137. The first-order valence-electron chi connectivity index (χ1n) is 9.73. The number of methoxy groups -OCH3 is 1. The molecule has 3 N–H and O–H groups in total. The molecular weight excluding hydrogens is 384 g/mol. The normalized spacial score (nSPS) is 14.4. The number of ether oxygens (including phenoxy) is 3. The summed E-state index contributed by atoms with van der Waals surface area (Å²) in [5.74, 6) is 0.742. The fraction of sp³-hybridized carbons (Fsp3) is 0.273. The number of rotatable bonds is 6. The Morgan fingerprint density at radius 2 is 2.03 bits per heavy atom. The molecule has 0 bridgehead atoms. The van der Waals surface area contributed by atoms with Gasteiger partial charge in [-0.2, -0.15) is 5.10 Å². The van der Waals surface area contributed by atoms with Gasteiger partial charge in [-0.15, -0.1) is 0 Å². The van der Waals surface area contributed by atoms with Crippen LogP contribution in [0.4, 0.5) is 5.69 Å². The quantitative estimate of drug-likeness (QED) is 0.608. The van der Waals surface area contributed by atoms with Crippen LogP contribution in [0.15, 0.2) is 36.4 Å². The van der Waals surface area contributed by atoms with Gasteiger partial charge in [0.15, 0.2) is 18.1 Å². The highest BCUT2D eigenvalue weighted by Gasteiger charge is 2.19. The van der Waals surface area contributed by atoms with E-state index in [4.69, 9.17) is 19.9 Å². The molecule has 0 spiro atoms. The van der Waals surface area contributed by atoms with E-state index in [-0.39, 0.29) is 12.5 Å². The predicted octanol–water partition coefficient (Wildman–Crippen LogP) is 2.56. The number of benzene rings is 2. The second kappa shape index (κ2) is 8.87. The van der Waals surface area contributed by atoms with Crippen LogP contribution in [0.2, 0.25) is 0 Å². The summed E-state index contributed by atoms with van der Waals surface area (Å²) in [6.45, 7) is 2.17. The Hall–Kier alpha value is -3.52. The molecule has 30 heavy (non-hydrogen) atoms. The number of morpholine rings is 1. The smallest absolute Gasteiger partial charge is 0.260 e. The highest BCUT2D eigenvalue weighted by Crippen LogP contribution is 2.36. The standard InChI is InChI=1S/C22H24N4O4/c1-28-22-19(30-14-20(27)26-10-12-29-13-11-26)9-7-15(21(22)23)6-8-18-16-4-2-3-5-17(16)24-25-18/h2-9H,10-14,23H2,1H3,(H,24,25).